The first-order valence-corrected chi connectivity index (χ1v) is 4.21. The molecular weight excluding hydrogens is 156 g/mol. The standard InChI is InChI=1S/C9H14O3/c1-7(9(10)11)8-3-2-5-12-6-4-8/h2-6H2,1H3,(H,10,11). The maximum absolute atomic E-state index is 10.6. The molecule has 1 heterocycles. The van der Waals surface area contributed by atoms with E-state index in [4.69, 9.17) is 9.84 Å². The van der Waals surface area contributed by atoms with Gasteiger partial charge >= 0.3 is 5.97 Å². The third-order valence-electron chi connectivity index (χ3n) is 2.17. The molecule has 0 amide bonds. The molecule has 12 heavy (non-hydrogen) atoms. The molecule has 0 unspecified atom stereocenters. The highest BCUT2D eigenvalue weighted by Crippen LogP contribution is 2.18. The summed E-state index contributed by atoms with van der Waals surface area (Å²) >= 11 is 0. The van der Waals surface area contributed by atoms with Crippen molar-refractivity contribution in [2.45, 2.75) is 26.2 Å². The van der Waals surface area contributed by atoms with Crippen LogP contribution in [-0.2, 0) is 9.53 Å². The Labute approximate surface area is 72.0 Å². The highest BCUT2D eigenvalue weighted by molar-refractivity contribution is 5.86. The molecule has 1 N–H and O–H groups in total. The van der Waals surface area contributed by atoms with Gasteiger partial charge in [-0.15, -0.1) is 0 Å². The number of aliphatic carboxylic acids is 1. The fraction of sp³-hybridized carbons (Fsp3) is 0.667. The highest BCUT2D eigenvalue weighted by atomic mass is 16.5. The second-order valence-electron chi connectivity index (χ2n) is 3.00. The molecule has 3 heteroatoms. The zero-order valence-corrected chi connectivity index (χ0v) is 7.30. The Hall–Kier alpha value is -0.830. The number of carboxylic acids is 1. The summed E-state index contributed by atoms with van der Waals surface area (Å²) in [5, 5.41) is 8.73. The average molecular weight is 170 g/mol. The molecule has 0 saturated carbocycles. The summed E-state index contributed by atoms with van der Waals surface area (Å²) < 4.78 is 5.23. The highest BCUT2D eigenvalue weighted by Gasteiger charge is 2.11. The van der Waals surface area contributed by atoms with Crippen LogP contribution in [0, 0.1) is 0 Å². The van der Waals surface area contributed by atoms with Gasteiger partial charge in [0, 0.05) is 12.2 Å². The zero-order chi connectivity index (χ0) is 8.97. The summed E-state index contributed by atoms with van der Waals surface area (Å²) in [5.41, 5.74) is 1.54. The molecule has 0 spiro atoms. The van der Waals surface area contributed by atoms with Crippen LogP contribution >= 0.6 is 0 Å². The van der Waals surface area contributed by atoms with E-state index >= 15 is 0 Å². The lowest BCUT2D eigenvalue weighted by Crippen LogP contribution is -2.01. The SMILES string of the molecule is CC(C(=O)O)=C1CCCOCC1. The molecule has 0 aromatic carbocycles. The van der Waals surface area contributed by atoms with E-state index < -0.39 is 5.97 Å². The Bertz CT molecular complexity index is 196. The van der Waals surface area contributed by atoms with Gasteiger partial charge in [-0.05, 0) is 26.2 Å². The molecule has 1 fully saturated rings. The molecule has 3 nitrogen and oxygen atoms in total. The predicted molar refractivity (Wildman–Crippen MR) is 45.0 cm³/mol. The minimum absolute atomic E-state index is 0.500. The van der Waals surface area contributed by atoms with Crippen molar-refractivity contribution in [3.05, 3.63) is 11.1 Å². The summed E-state index contributed by atoms with van der Waals surface area (Å²) in [7, 11) is 0. The van der Waals surface area contributed by atoms with Crippen LogP contribution in [0.5, 0.6) is 0 Å². The van der Waals surface area contributed by atoms with Crippen LogP contribution < -0.4 is 0 Å². The molecule has 0 atom stereocenters. The Kier molecular flexibility index (Phi) is 3.29. The normalized spacial score (nSPS) is 23.1. The van der Waals surface area contributed by atoms with E-state index in [1.54, 1.807) is 6.92 Å². The lowest BCUT2D eigenvalue weighted by molar-refractivity contribution is -0.132. The smallest absolute Gasteiger partial charge is 0.331 e. The molecule has 0 aliphatic carbocycles. The first kappa shape index (κ1) is 9.26. The maximum Gasteiger partial charge on any atom is 0.331 e. The van der Waals surface area contributed by atoms with Crippen LogP contribution in [0.1, 0.15) is 26.2 Å². The van der Waals surface area contributed by atoms with Crippen molar-refractivity contribution in [3.63, 3.8) is 0 Å². The lowest BCUT2D eigenvalue weighted by atomic mass is 10.0. The van der Waals surface area contributed by atoms with Crippen molar-refractivity contribution in [2.24, 2.45) is 0 Å². The van der Waals surface area contributed by atoms with Gasteiger partial charge in [0.05, 0.1) is 6.61 Å². The molecule has 0 radical (unpaired) electrons. The molecule has 0 bridgehead atoms. The second kappa shape index (κ2) is 4.26. The van der Waals surface area contributed by atoms with Crippen molar-refractivity contribution in [1.82, 2.24) is 0 Å². The number of rotatable bonds is 1. The summed E-state index contributed by atoms with van der Waals surface area (Å²) in [5.74, 6) is -0.799. The minimum Gasteiger partial charge on any atom is -0.478 e. The molecule has 0 aromatic heterocycles. The molecular formula is C9H14O3. The fourth-order valence-electron chi connectivity index (χ4n) is 1.34. The fourth-order valence-corrected chi connectivity index (χ4v) is 1.34. The summed E-state index contributed by atoms with van der Waals surface area (Å²) in [6.45, 7) is 3.10. The van der Waals surface area contributed by atoms with Crippen LogP contribution in [0.25, 0.3) is 0 Å². The Morgan fingerprint density at radius 3 is 2.83 bits per heavy atom. The third kappa shape index (κ3) is 2.34. The van der Waals surface area contributed by atoms with E-state index in [-0.39, 0.29) is 0 Å². The van der Waals surface area contributed by atoms with Crippen molar-refractivity contribution < 1.29 is 14.6 Å². The van der Waals surface area contributed by atoms with Crippen molar-refractivity contribution >= 4 is 5.97 Å². The van der Waals surface area contributed by atoms with E-state index in [1.807, 2.05) is 0 Å². The average Bonchev–Trinajstić information content (AvgIpc) is 2.30. The van der Waals surface area contributed by atoms with Crippen molar-refractivity contribution in [3.8, 4) is 0 Å². The second-order valence-corrected chi connectivity index (χ2v) is 3.00. The van der Waals surface area contributed by atoms with Crippen LogP contribution in [0.3, 0.4) is 0 Å². The van der Waals surface area contributed by atoms with Crippen molar-refractivity contribution in [2.75, 3.05) is 13.2 Å². The first-order chi connectivity index (χ1) is 5.72. The number of hydrogen-bond acceptors (Lipinski definition) is 2. The molecule has 1 aliphatic rings. The van der Waals surface area contributed by atoms with Gasteiger partial charge in [0.1, 0.15) is 0 Å². The Morgan fingerprint density at radius 1 is 1.42 bits per heavy atom. The zero-order valence-electron chi connectivity index (χ0n) is 7.30. The van der Waals surface area contributed by atoms with Crippen LogP contribution in [0.2, 0.25) is 0 Å². The monoisotopic (exact) mass is 170 g/mol. The molecule has 1 rings (SSSR count). The van der Waals surface area contributed by atoms with Gasteiger partial charge in [-0.1, -0.05) is 5.57 Å². The Balaban J connectivity index is 2.69. The summed E-state index contributed by atoms with van der Waals surface area (Å²) in [6.07, 6.45) is 2.59. The van der Waals surface area contributed by atoms with E-state index in [0.29, 0.717) is 12.2 Å². The predicted octanol–water partition coefficient (Wildman–Crippen LogP) is 1.59. The first-order valence-electron chi connectivity index (χ1n) is 4.21. The summed E-state index contributed by atoms with van der Waals surface area (Å²) in [6, 6.07) is 0. The van der Waals surface area contributed by atoms with Crippen LogP contribution in [-0.4, -0.2) is 24.3 Å². The van der Waals surface area contributed by atoms with Gasteiger partial charge in [0.25, 0.3) is 0 Å². The minimum atomic E-state index is -0.799. The van der Waals surface area contributed by atoms with Crippen molar-refractivity contribution in [1.29, 1.82) is 0 Å². The topological polar surface area (TPSA) is 46.5 Å². The van der Waals surface area contributed by atoms with E-state index in [0.717, 1.165) is 31.4 Å². The largest absolute Gasteiger partial charge is 0.478 e. The maximum atomic E-state index is 10.6. The van der Waals surface area contributed by atoms with Gasteiger partial charge < -0.3 is 9.84 Å². The number of carbonyl (C=O) groups is 1. The quantitative estimate of drug-likeness (QED) is 0.608. The van der Waals surface area contributed by atoms with E-state index in [1.165, 1.54) is 0 Å². The van der Waals surface area contributed by atoms with Crippen LogP contribution in [0.4, 0.5) is 0 Å². The lowest BCUT2D eigenvalue weighted by Gasteiger charge is -2.03. The number of carboxylic acid groups (broad SMARTS) is 1. The number of hydrogen-bond donors (Lipinski definition) is 1. The van der Waals surface area contributed by atoms with Gasteiger partial charge in [0.2, 0.25) is 0 Å². The summed E-state index contributed by atoms with van der Waals surface area (Å²) in [4.78, 5) is 10.6. The van der Waals surface area contributed by atoms with Gasteiger partial charge in [-0.25, -0.2) is 4.79 Å². The molecule has 68 valence electrons. The Morgan fingerprint density at radius 2 is 2.17 bits per heavy atom. The van der Waals surface area contributed by atoms with Gasteiger partial charge in [0.15, 0.2) is 0 Å². The molecule has 1 saturated heterocycles. The van der Waals surface area contributed by atoms with Gasteiger partial charge in [-0.3, -0.25) is 0 Å². The van der Waals surface area contributed by atoms with E-state index in [2.05, 4.69) is 0 Å². The van der Waals surface area contributed by atoms with Crippen LogP contribution in [0.15, 0.2) is 11.1 Å². The third-order valence-corrected chi connectivity index (χ3v) is 2.17. The van der Waals surface area contributed by atoms with Gasteiger partial charge in [-0.2, -0.15) is 0 Å². The number of ether oxygens (including phenoxy) is 1. The molecule has 0 aromatic rings. The van der Waals surface area contributed by atoms with E-state index in [9.17, 15) is 4.79 Å². The molecule has 1 aliphatic heterocycles.